The summed E-state index contributed by atoms with van der Waals surface area (Å²) in [4.78, 5) is 24.4. The van der Waals surface area contributed by atoms with Gasteiger partial charge in [0, 0.05) is 48.9 Å². The lowest BCUT2D eigenvalue weighted by molar-refractivity contribution is -0.136. The maximum atomic E-state index is 12.8. The first-order valence-electron chi connectivity index (χ1n) is 10.4. The van der Waals surface area contributed by atoms with Gasteiger partial charge >= 0.3 is 0 Å². The van der Waals surface area contributed by atoms with E-state index in [1.807, 2.05) is 18.5 Å². The van der Waals surface area contributed by atoms with Crippen molar-refractivity contribution in [1.82, 2.24) is 19.4 Å². The van der Waals surface area contributed by atoms with Crippen molar-refractivity contribution in [3.05, 3.63) is 42.1 Å². The zero-order valence-corrected chi connectivity index (χ0v) is 16.5. The van der Waals surface area contributed by atoms with Crippen molar-refractivity contribution in [2.45, 2.75) is 64.2 Å². The Balaban J connectivity index is 1.53. The average Bonchev–Trinajstić information content (AvgIpc) is 3.39. The molecule has 0 bridgehead atoms. The summed E-state index contributed by atoms with van der Waals surface area (Å²) >= 11 is 0. The van der Waals surface area contributed by atoms with E-state index in [-0.39, 0.29) is 5.92 Å². The SMILES string of the molecule is CC(C)c1nccn1-c1cccc(C2CCCN(C(=O)C3CCCC3)C2)n1. The standard InChI is InChI=1S/C22H30N4O/c1-16(2)21-23-12-14-26(21)20-11-5-10-19(24-20)18-9-6-13-25(15-18)22(27)17-7-3-4-8-17/h5,10-12,14,16-18H,3-4,6-9,13,15H2,1-2H3. The second-order valence-electron chi connectivity index (χ2n) is 8.34. The first-order chi connectivity index (χ1) is 13.1. The Morgan fingerprint density at radius 3 is 2.74 bits per heavy atom. The Bertz CT molecular complexity index is 791. The van der Waals surface area contributed by atoms with Crippen LogP contribution in [0.2, 0.25) is 0 Å². The fourth-order valence-corrected chi connectivity index (χ4v) is 4.59. The second-order valence-corrected chi connectivity index (χ2v) is 8.34. The molecule has 27 heavy (non-hydrogen) atoms. The van der Waals surface area contributed by atoms with Gasteiger partial charge < -0.3 is 4.90 Å². The topological polar surface area (TPSA) is 51.0 Å². The molecule has 1 amide bonds. The van der Waals surface area contributed by atoms with Gasteiger partial charge in [-0.05, 0) is 37.8 Å². The number of likely N-dealkylation sites (tertiary alicyclic amines) is 1. The summed E-state index contributed by atoms with van der Waals surface area (Å²) in [6, 6.07) is 6.24. The van der Waals surface area contributed by atoms with E-state index >= 15 is 0 Å². The van der Waals surface area contributed by atoms with Gasteiger partial charge in [0.05, 0.1) is 0 Å². The van der Waals surface area contributed by atoms with Gasteiger partial charge in [-0.1, -0.05) is 32.8 Å². The van der Waals surface area contributed by atoms with E-state index in [4.69, 9.17) is 4.98 Å². The number of nitrogens with zero attached hydrogens (tertiary/aromatic N) is 4. The van der Waals surface area contributed by atoms with Crippen LogP contribution in [0.5, 0.6) is 0 Å². The van der Waals surface area contributed by atoms with Crippen molar-refractivity contribution in [2.24, 2.45) is 5.92 Å². The molecule has 2 aromatic heterocycles. The van der Waals surface area contributed by atoms with Crippen LogP contribution in [0.4, 0.5) is 0 Å². The lowest BCUT2D eigenvalue weighted by Gasteiger charge is -2.34. The molecule has 2 aliphatic rings. The molecule has 1 aliphatic heterocycles. The number of rotatable bonds is 4. The Labute approximate surface area is 161 Å². The van der Waals surface area contributed by atoms with E-state index in [9.17, 15) is 4.79 Å². The van der Waals surface area contributed by atoms with E-state index in [1.165, 1.54) is 12.8 Å². The average molecular weight is 367 g/mol. The highest BCUT2D eigenvalue weighted by Gasteiger charge is 2.31. The number of piperidine rings is 1. The number of pyridine rings is 1. The van der Waals surface area contributed by atoms with Crippen molar-refractivity contribution in [2.75, 3.05) is 13.1 Å². The summed E-state index contributed by atoms with van der Waals surface area (Å²) in [6.07, 6.45) is 10.6. The molecule has 5 nitrogen and oxygen atoms in total. The van der Waals surface area contributed by atoms with Gasteiger partial charge in [-0.15, -0.1) is 0 Å². The van der Waals surface area contributed by atoms with E-state index in [1.54, 1.807) is 0 Å². The molecule has 1 atom stereocenters. The van der Waals surface area contributed by atoms with Crippen molar-refractivity contribution in [3.8, 4) is 5.82 Å². The molecular formula is C22H30N4O. The maximum absolute atomic E-state index is 12.8. The molecule has 0 aromatic carbocycles. The van der Waals surface area contributed by atoms with E-state index in [2.05, 4.69) is 40.4 Å². The van der Waals surface area contributed by atoms with Gasteiger partial charge in [0.1, 0.15) is 11.6 Å². The quantitative estimate of drug-likeness (QED) is 0.811. The fourth-order valence-electron chi connectivity index (χ4n) is 4.59. The summed E-state index contributed by atoms with van der Waals surface area (Å²) in [5.74, 6) is 3.27. The monoisotopic (exact) mass is 366 g/mol. The number of hydrogen-bond acceptors (Lipinski definition) is 3. The third-order valence-electron chi connectivity index (χ3n) is 6.04. The summed E-state index contributed by atoms with van der Waals surface area (Å²) in [5.41, 5.74) is 1.10. The van der Waals surface area contributed by atoms with Crippen molar-refractivity contribution in [1.29, 1.82) is 0 Å². The Morgan fingerprint density at radius 1 is 1.15 bits per heavy atom. The van der Waals surface area contributed by atoms with E-state index < -0.39 is 0 Å². The van der Waals surface area contributed by atoms with E-state index in [0.29, 0.717) is 17.7 Å². The van der Waals surface area contributed by atoms with Crippen LogP contribution < -0.4 is 0 Å². The normalized spacial score (nSPS) is 21.1. The van der Waals surface area contributed by atoms with Gasteiger partial charge in [-0.2, -0.15) is 0 Å². The lowest BCUT2D eigenvalue weighted by Crippen LogP contribution is -2.42. The number of aromatic nitrogens is 3. The molecule has 1 unspecified atom stereocenters. The molecule has 2 fully saturated rings. The van der Waals surface area contributed by atoms with Gasteiger partial charge in [0.15, 0.2) is 0 Å². The predicted molar refractivity (Wildman–Crippen MR) is 106 cm³/mol. The summed E-state index contributed by atoms with van der Waals surface area (Å²) in [5, 5.41) is 0. The molecule has 0 N–H and O–H groups in total. The molecule has 5 heteroatoms. The van der Waals surface area contributed by atoms with Crippen LogP contribution in [0.15, 0.2) is 30.6 Å². The molecule has 1 saturated carbocycles. The highest BCUT2D eigenvalue weighted by atomic mass is 16.2. The van der Waals surface area contributed by atoms with Gasteiger partial charge in [0.25, 0.3) is 0 Å². The molecule has 1 aliphatic carbocycles. The second kappa shape index (κ2) is 7.83. The minimum Gasteiger partial charge on any atom is -0.342 e. The summed E-state index contributed by atoms with van der Waals surface area (Å²) in [7, 11) is 0. The van der Waals surface area contributed by atoms with Gasteiger partial charge in [0.2, 0.25) is 5.91 Å². The summed E-state index contributed by atoms with van der Waals surface area (Å²) < 4.78 is 2.08. The maximum Gasteiger partial charge on any atom is 0.225 e. The molecular weight excluding hydrogens is 336 g/mol. The smallest absolute Gasteiger partial charge is 0.225 e. The van der Waals surface area contributed by atoms with Crippen LogP contribution in [-0.2, 0) is 4.79 Å². The van der Waals surface area contributed by atoms with E-state index in [0.717, 1.165) is 56.1 Å². The third kappa shape index (κ3) is 3.78. The highest BCUT2D eigenvalue weighted by Crippen LogP contribution is 2.31. The third-order valence-corrected chi connectivity index (χ3v) is 6.04. The molecule has 0 spiro atoms. The van der Waals surface area contributed by atoms with Crippen LogP contribution in [0, 0.1) is 5.92 Å². The van der Waals surface area contributed by atoms with Crippen LogP contribution in [0.1, 0.15) is 75.7 Å². The van der Waals surface area contributed by atoms with Gasteiger partial charge in [-0.3, -0.25) is 9.36 Å². The first-order valence-corrected chi connectivity index (χ1v) is 10.4. The molecule has 2 aromatic rings. The zero-order valence-electron chi connectivity index (χ0n) is 16.5. The number of hydrogen-bond donors (Lipinski definition) is 0. The lowest BCUT2D eigenvalue weighted by atomic mass is 9.93. The summed E-state index contributed by atoms with van der Waals surface area (Å²) in [6.45, 7) is 6.02. The Morgan fingerprint density at radius 2 is 1.96 bits per heavy atom. The number of imidazole rings is 1. The molecule has 4 rings (SSSR count). The predicted octanol–water partition coefficient (Wildman–Crippen LogP) is 4.29. The minimum absolute atomic E-state index is 0.266. The Hall–Kier alpha value is -2.17. The van der Waals surface area contributed by atoms with Crippen molar-refractivity contribution >= 4 is 5.91 Å². The molecule has 3 heterocycles. The first kappa shape index (κ1) is 18.2. The molecule has 1 saturated heterocycles. The molecule has 144 valence electrons. The largest absolute Gasteiger partial charge is 0.342 e. The van der Waals surface area contributed by atoms with Crippen molar-refractivity contribution < 1.29 is 4.79 Å². The van der Waals surface area contributed by atoms with Gasteiger partial charge in [-0.25, -0.2) is 9.97 Å². The minimum atomic E-state index is 0.266. The van der Waals surface area contributed by atoms with Crippen molar-refractivity contribution in [3.63, 3.8) is 0 Å². The fraction of sp³-hybridized carbons (Fsp3) is 0.591. The van der Waals surface area contributed by atoms with Crippen LogP contribution in [0.25, 0.3) is 5.82 Å². The highest BCUT2D eigenvalue weighted by molar-refractivity contribution is 5.79. The number of carbonyl (C=O) groups is 1. The van der Waals surface area contributed by atoms with Crippen LogP contribution in [0.3, 0.4) is 0 Å². The molecule has 0 radical (unpaired) electrons. The number of carbonyl (C=O) groups excluding carboxylic acids is 1. The number of amides is 1. The van der Waals surface area contributed by atoms with Crippen LogP contribution in [-0.4, -0.2) is 38.4 Å². The van der Waals surface area contributed by atoms with Crippen LogP contribution >= 0.6 is 0 Å². The zero-order chi connectivity index (χ0) is 18.8. The Kier molecular flexibility index (Phi) is 5.28.